The lowest BCUT2D eigenvalue weighted by Crippen LogP contribution is -1.94. The zero-order chi connectivity index (χ0) is 12.4. The van der Waals surface area contributed by atoms with Crippen LogP contribution in [0.15, 0.2) is 30.3 Å². The molecule has 0 saturated heterocycles. The van der Waals surface area contributed by atoms with Crippen LogP contribution in [-0.2, 0) is 0 Å². The third-order valence-corrected chi connectivity index (χ3v) is 2.17. The van der Waals surface area contributed by atoms with E-state index in [9.17, 15) is 13.2 Å². The van der Waals surface area contributed by atoms with Gasteiger partial charge in [-0.2, -0.15) is 9.65 Å². The minimum absolute atomic E-state index is 0.0569. The van der Waals surface area contributed by atoms with E-state index in [1.807, 2.05) is 0 Å². The molecule has 2 rings (SSSR count). The van der Waals surface area contributed by atoms with Crippen LogP contribution in [0.4, 0.5) is 13.2 Å². The summed E-state index contributed by atoms with van der Waals surface area (Å²) in [6, 6.07) is 6.84. The summed E-state index contributed by atoms with van der Waals surface area (Å²) in [7, 11) is 0. The second kappa shape index (κ2) is 4.26. The van der Waals surface area contributed by atoms with Crippen LogP contribution >= 0.6 is 0 Å². The highest BCUT2D eigenvalue weighted by atomic mass is 19.1. The number of hydrogen-bond acceptors (Lipinski definition) is 2. The highest BCUT2D eigenvalue weighted by Gasteiger charge is 2.11. The van der Waals surface area contributed by atoms with Crippen molar-refractivity contribution in [2.24, 2.45) is 0 Å². The lowest BCUT2D eigenvalue weighted by atomic mass is 10.1. The molecule has 0 aliphatic rings. The van der Waals surface area contributed by atoms with Gasteiger partial charge in [-0.1, -0.05) is 0 Å². The second-order valence-corrected chi connectivity index (χ2v) is 3.27. The molecule has 0 saturated carbocycles. The van der Waals surface area contributed by atoms with Gasteiger partial charge in [-0.05, 0) is 30.3 Å². The van der Waals surface area contributed by atoms with Crippen molar-refractivity contribution in [2.45, 2.75) is 0 Å². The molecule has 2 aromatic rings. The van der Waals surface area contributed by atoms with Gasteiger partial charge in [0, 0.05) is 5.56 Å². The van der Waals surface area contributed by atoms with Crippen LogP contribution in [0.1, 0.15) is 5.56 Å². The molecule has 1 aromatic heterocycles. The van der Waals surface area contributed by atoms with Gasteiger partial charge >= 0.3 is 0 Å². The number of aromatic nitrogens is 1. The van der Waals surface area contributed by atoms with E-state index in [4.69, 9.17) is 5.26 Å². The highest BCUT2D eigenvalue weighted by Crippen LogP contribution is 2.22. The Kier molecular flexibility index (Phi) is 2.79. The standard InChI is InChI=1S/C12H5F3N2/c13-8-2-3-10(14)9(5-8)11-4-1-7(6-16)12(15)17-11/h1-5H. The van der Waals surface area contributed by atoms with Crippen LogP contribution in [0.2, 0.25) is 0 Å². The molecular weight excluding hydrogens is 229 g/mol. The third kappa shape index (κ3) is 2.11. The van der Waals surface area contributed by atoms with E-state index >= 15 is 0 Å². The van der Waals surface area contributed by atoms with Gasteiger partial charge in [0.25, 0.3) is 0 Å². The molecule has 0 N–H and O–H groups in total. The molecule has 0 aliphatic carbocycles. The van der Waals surface area contributed by atoms with Crippen LogP contribution in [0, 0.1) is 28.9 Å². The second-order valence-electron chi connectivity index (χ2n) is 3.27. The number of nitriles is 1. The smallest absolute Gasteiger partial charge is 0.218 e. The Labute approximate surface area is 95.0 Å². The van der Waals surface area contributed by atoms with Crippen molar-refractivity contribution in [3.63, 3.8) is 0 Å². The molecule has 17 heavy (non-hydrogen) atoms. The van der Waals surface area contributed by atoms with Crippen molar-refractivity contribution >= 4 is 0 Å². The fourth-order valence-electron chi connectivity index (χ4n) is 1.36. The fraction of sp³-hybridized carbons (Fsp3) is 0. The minimum atomic E-state index is -1.01. The topological polar surface area (TPSA) is 36.7 Å². The summed E-state index contributed by atoms with van der Waals surface area (Å²) in [6.07, 6.45) is 0. The SMILES string of the molecule is N#Cc1ccc(-c2cc(F)ccc2F)nc1F. The first-order valence-electron chi connectivity index (χ1n) is 4.64. The van der Waals surface area contributed by atoms with Gasteiger partial charge in [-0.25, -0.2) is 13.8 Å². The maximum atomic E-state index is 13.4. The lowest BCUT2D eigenvalue weighted by Gasteiger charge is -2.03. The molecule has 0 fully saturated rings. The zero-order valence-electron chi connectivity index (χ0n) is 8.42. The van der Waals surface area contributed by atoms with Gasteiger partial charge < -0.3 is 0 Å². The Hall–Kier alpha value is -2.35. The summed E-state index contributed by atoms with van der Waals surface area (Å²) < 4.78 is 39.5. The molecular formula is C12H5F3N2. The number of pyridine rings is 1. The van der Waals surface area contributed by atoms with Crippen molar-refractivity contribution in [2.75, 3.05) is 0 Å². The molecule has 0 spiro atoms. The van der Waals surface area contributed by atoms with Crippen molar-refractivity contribution in [1.29, 1.82) is 5.26 Å². The van der Waals surface area contributed by atoms with Crippen molar-refractivity contribution in [1.82, 2.24) is 4.98 Å². The molecule has 84 valence electrons. The molecule has 0 radical (unpaired) electrons. The molecule has 0 aliphatic heterocycles. The summed E-state index contributed by atoms with van der Waals surface area (Å²) in [4.78, 5) is 3.42. The van der Waals surface area contributed by atoms with E-state index in [0.29, 0.717) is 0 Å². The van der Waals surface area contributed by atoms with Crippen LogP contribution in [0.25, 0.3) is 11.3 Å². The van der Waals surface area contributed by atoms with E-state index in [2.05, 4.69) is 4.98 Å². The van der Waals surface area contributed by atoms with E-state index in [-0.39, 0.29) is 16.8 Å². The first kappa shape index (κ1) is 11.1. The largest absolute Gasteiger partial charge is 0.231 e. The first-order valence-corrected chi connectivity index (χ1v) is 4.64. The number of halogens is 3. The van der Waals surface area contributed by atoms with Gasteiger partial charge in [-0.15, -0.1) is 0 Å². The average Bonchev–Trinajstić information content (AvgIpc) is 2.32. The number of hydrogen-bond donors (Lipinski definition) is 0. The third-order valence-electron chi connectivity index (χ3n) is 2.17. The summed E-state index contributed by atoms with van der Waals surface area (Å²) >= 11 is 0. The number of nitrogens with zero attached hydrogens (tertiary/aromatic N) is 2. The minimum Gasteiger partial charge on any atom is -0.218 e. The van der Waals surface area contributed by atoms with Crippen molar-refractivity contribution in [3.05, 3.63) is 53.5 Å². The van der Waals surface area contributed by atoms with E-state index in [1.54, 1.807) is 6.07 Å². The van der Waals surface area contributed by atoms with Gasteiger partial charge in [0.05, 0.1) is 5.69 Å². The predicted molar refractivity (Wildman–Crippen MR) is 54.3 cm³/mol. The average molecular weight is 234 g/mol. The van der Waals surface area contributed by atoms with E-state index in [1.165, 1.54) is 12.1 Å². The quantitative estimate of drug-likeness (QED) is 0.711. The maximum absolute atomic E-state index is 13.4. The Balaban J connectivity index is 2.58. The summed E-state index contributed by atoms with van der Waals surface area (Å²) in [5, 5.41) is 8.51. The number of benzene rings is 1. The monoisotopic (exact) mass is 234 g/mol. The van der Waals surface area contributed by atoms with Crippen LogP contribution < -0.4 is 0 Å². The Morgan fingerprint density at radius 3 is 2.47 bits per heavy atom. The Bertz CT molecular complexity index is 618. The molecule has 2 nitrogen and oxygen atoms in total. The van der Waals surface area contributed by atoms with Gasteiger partial charge in [-0.3, -0.25) is 0 Å². The molecule has 0 bridgehead atoms. The van der Waals surface area contributed by atoms with Crippen molar-refractivity contribution in [3.8, 4) is 17.3 Å². The zero-order valence-corrected chi connectivity index (χ0v) is 8.42. The van der Waals surface area contributed by atoms with Crippen molar-refractivity contribution < 1.29 is 13.2 Å². The van der Waals surface area contributed by atoms with E-state index < -0.39 is 17.6 Å². The molecule has 0 amide bonds. The normalized spacial score (nSPS) is 10.0. The number of rotatable bonds is 1. The molecule has 5 heteroatoms. The van der Waals surface area contributed by atoms with Gasteiger partial charge in [0.15, 0.2) is 0 Å². The lowest BCUT2D eigenvalue weighted by molar-refractivity contribution is 0.578. The highest BCUT2D eigenvalue weighted by molar-refractivity contribution is 5.60. The summed E-state index contributed by atoms with van der Waals surface area (Å²) in [5.41, 5.74) is -0.447. The fourth-order valence-corrected chi connectivity index (χ4v) is 1.36. The van der Waals surface area contributed by atoms with Gasteiger partial charge in [0.1, 0.15) is 23.3 Å². The Morgan fingerprint density at radius 1 is 1.06 bits per heavy atom. The van der Waals surface area contributed by atoms with Crippen LogP contribution in [-0.4, -0.2) is 4.98 Å². The molecule has 1 heterocycles. The molecule has 1 aromatic carbocycles. The predicted octanol–water partition coefficient (Wildman–Crippen LogP) is 3.04. The van der Waals surface area contributed by atoms with Gasteiger partial charge in [0.2, 0.25) is 5.95 Å². The summed E-state index contributed by atoms with van der Waals surface area (Å²) in [5.74, 6) is -2.36. The van der Waals surface area contributed by atoms with E-state index in [0.717, 1.165) is 18.2 Å². The van der Waals surface area contributed by atoms with Crippen LogP contribution in [0.5, 0.6) is 0 Å². The first-order chi connectivity index (χ1) is 8.11. The maximum Gasteiger partial charge on any atom is 0.231 e. The molecule has 0 atom stereocenters. The Morgan fingerprint density at radius 2 is 1.82 bits per heavy atom. The van der Waals surface area contributed by atoms with Crippen LogP contribution in [0.3, 0.4) is 0 Å². The molecule has 0 unspecified atom stereocenters. The summed E-state index contributed by atoms with van der Waals surface area (Å²) in [6.45, 7) is 0.